The highest BCUT2D eigenvalue weighted by molar-refractivity contribution is 5.97. The molecule has 5 heteroatoms. The topological polar surface area (TPSA) is 66.8 Å². The van der Waals surface area contributed by atoms with Gasteiger partial charge in [0.15, 0.2) is 0 Å². The molecular weight excluding hydrogens is 246 g/mol. The fourth-order valence-electron chi connectivity index (χ4n) is 1.95. The van der Waals surface area contributed by atoms with Gasteiger partial charge < -0.3 is 14.7 Å². The Balaban J connectivity index is 2.45. The van der Waals surface area contributed by atoms with Crippen LogP contribution in [0.4, 0.5) is 5.69 Å². The molecule has 1 aliphatic rings. The monoisotopic (exact) mass is 261 g/mol. The van der Waals surface area contributed by atoms with Crippen molar-refractivity contribution in [3.63, 3.8) is 0 Å². The van der Waals surface area contributed by atoms with Crippen molar-refractivity contribution < 1.29 is 19.4 Å². The van der Waals surface area contributed by atoms with Crippen LogP contribution in [0, 0.1) is 0 Å². The Morgan fingerprint density at radius 1 is 1.53 bits per heavy atom. The maximum atomic E-state index is 12.0. The average Bonchev–Trinajstić information content (AvgIpc) is 2.49. The number of benzene rings is 1. The molecule has 19 heavy (non-hydrogen) atoms. The number of carboxylic acids is 1. The summed E-state index contributed by atoms with van der Waals surface area (Å²) in [6.45, 7) is 6.30. The van der Waals surface area contributed by atoms with E-state index in [-0.39, 0.29) is 24.5 Å². The van der Waals surface area contributed by atoms with E-state index >= 15 is 0 Å². The lowest BCUT2D eigenvalue weighted by Crippen LogP contribution is -2.31. The van der Waals surface area contributed by atoms with E-state index in [0.717, 1.165) is 5.57 Å². The van der Waals surface area contributed by atoms with E-state index in [1.54, 1.807) is 11.0 Å². The minimum atomic E-state index is -1.02. The predicted molar refractivity (Wildman–Crippen MR) is 70.7 cm³/mol. The number of carboxylic acid groups (broad SMARTS) is 1. The van der Waals surface area contributed by atoms with E-state index in [1.165, 1.54) is 12.1 Å². The summed E-state index contributed by atoms with van der Waals surface area (Å²) in [5, 5.41) is 8.97. The van der Waals surface area contributed by atoms with Gasteiger partial charge in [0.25, 0.3) is 0 Å². The standard InChI is InChI=1S/C14H15NO4/c1-9(2)8-15-11-4-3-10(14(17)18)7-12(11)19-6-5-13(15)16/h3-4,7H,1,5-6,8H2,2H3,(H,17,18). The molecule has 1 N–H and O–H groups in total. The Labute approximate surface area is 111 Å². The number of aromatic carboxylic acids is 1. The maximum absolute atomic E-state index is 12.0. The number of anilines is 1. The van der Waals surface area contributed by atoms with Crippen LogP contribution < -0.4 is 9.64 Å². The lowest BCUT2D eigenvalue weighted by molar-refractivity contribution is -0.118. The fraction of sp³-hybridized carbons (Fsp3) is 0.286. The summed E-state index contributed by atoms with van der Waals surface area (Å²) in [6.07, 6.45) is 0.268. The summed E-state index contributed by atoms with van der Waals surface area (Å²) in [5.74, 6) is -0.648. The van der Waals surface area contributed by atoms with E-state index in [1.807, 2.05) is 6.92 Å². The zero-order valence-corrected chi connectivity index (χ0v) is 10.7. The Morgan fingerprint density at radius 2 is 2.26 bits per heavy atom. The third kappa shape index (κ3) is 2.76. The number of fused-ring (bicyclic) bond motifs is 1. The Hall–Kier alpha value is -2.30. The van der Waals surface area contributed by atoms with Crippen molar-refractivity contribution in [2.24, 2.45) is 0 Å². The van der Waals surface area contributed by atoms with E-state index in [2.05, 4.69) is 6.58 Å². The van der Waals surface area contributed by atoms with Crippen molar-refractivity contribution >= 4 is 17.6 Å². The lowest BCUT2D eigenvalue weighted by Gasteiger charge is -2.22. The van der Waals surface area contributed by atoms with Crippen LogP contribution in [-0.4, -0.2) is 30.1 Å². The molecule has 1 aromatic carbocycles. The summed E-state index contributed by atoms with van der Waals surface area (Å²) in [6, 6.07) is 4.52. The van der Waals surface area contributed by atoms with Crippen LogP contribution in [0.5, 0.6) is 5.75 Å². The van der Waals surface area contributed by atoms with E-state index < -0.39 is 5.97 Å². The van der Waals surface area contributed by atoms with Gasteiger partial charge >= 0.3 is 5.97 Å². The second-order valence-corrected chi connectivity index (χ2v) is 4.52. The molecule has 0 bridgehead atoms. The van der Waals surface area contributed by atoms with Gasteiger partial charge in [-0.1, -0.05) is 12.2 Å². The van der Waals surface area contributed by atoms with Crippen molar-refractivity contribution in [2.75, 3.05) is 18.1 Å². The SMILES string of the molecule is C=C(C)CN1C(=O)CCOc2cc(C(=O)O)ccc21. The van der Waals surface area contributed by atoms with Crippen LogP contribution in [-0.2, 0) is 4.79 Å². The molecule has 0 saturated heterocycles. The number of hydrogen-bond donors (Lipinski definition) is 1. The molecule has 0 fully saturated rings. The van der Waals surface area contributed by atoms with Gasteiger partial charge in [-0.15, -0.1) is 0 Å². The van der Waals surface area contributed by atoms with Crippen LogP contribution in [0.25, 0.3) is 0 Å². The highest BCUT2D eigenvalue weighted by atomic mass is 16.5. The first-order valence-corrected chi connectivity index (χ1v) is 5.94. The van der Waals surface area contributed by atoms with Crippen molar-refractivity contribution in [3.05, 3.63) is 35.9 Å². The number of hydrogen-bond acceptors (Lipinski definition) is 3. The number of amides is 1. The molecule has 0 saturated carbocycles. The van der Waals surface area contributed by atoms with Gasteiger partial charge in [0, 0.05) is 6.54 Å². The summed E-state index contributed by atoms with van der Waals surface area (Å²) >= 11 is 0. The van der Waals surface area contributed by atoms with E-state index in [0.29, 0.717) is 18.0 Å². The third-order valence-electron chi connectivity index (χ3n) is 2.80. The zero-order chi connectivity index (χ0) is 14.0. The average molecular weight is 261 g/mol. The highest BCUT2D eigenvalue weighted by Crippen LogP contribution is 2.32. The molecule has 1 heterocycles. The molecule has 0 aromatic heterocycles. The number of nitrogens with zero attached hydrogens (tertiary/aromatic N) is 1. The third-order valence-corrected chi connectivity index (χ3v) is 2.80. The number of carbonyl (C=O) groups excluding carboxylic acids is 1. The van der Waals surface area contributed by atoms with Gasteiger partial charge in [0.05, 0.1) is 24.3 Å². The molecule has 0 aliphatic carbocycles. The largest absolute Gasteiger partial charge is 0.491 e. The predicted octanol–water partition coefficient (Wildman–Crippen LogP) is 2.08. The minimum Gasteiger partial charge on any atom is -0.491 e. The molecule has 100 valence electrons. The van der Waals surface area contributed by atoms with Gasteiger partial charge in [-0.05, 0) is 25.1 Å². The smallest absolute Gasteiger partial charge is 0.335 e. The zero-order valence-electron chi connectivity index (χ0n) is 10.7. The van der Waals surface area contributed by atoms with Crippen LogP contribution in [0.2, 0.25) is 0 Å². The van der Waals surface area contributed by atoms with E-state index in [4.69, 9.17) is 9.84 Å². The van der Waals surface area contributed by atoms with Gasteiger partial charge in [0.2, 0.25) is 5.91 Å². The van der Waals surface area contributed by atoms with Crippen LogP contribution in [0.15, 0.2) is 30.4 Å². The quantitative estimate of drug-likeness (QED) is 0.846. The van der Waals surface area contributed by atoms with Crippen molar-refractivity contribution in [3.8, 4) is 5.75 Å². The molecule has 1 amide bonds. The fourth-order valence-corrected chi connectivity index (χ4v) is 1.95. The lowest BCUT2D eigenvalue weighted by atomic mass is 10.1. The second kappa shape index (κ2) is 5.14. The van der Waals surface area contributed by atoms with Crippen molar-refractivity contribution in [2.45, 2.75) is 13.3 Å². The maximum Gasteiger partial charge on any atom is 0.335 e. The molecule has 1 aliphatic heterocycles. The molecule has 0 unspecified atom stereocenters. The Bertz CT molecular complexity index is 550. The molecule has 0 atom stereocenters. The Morgan fingerprint density at radius 3 is 2.89 bits per heavy atom. The molecule has 5 nitrogen and oxygen atoms in total. The number of rotatable bonds is 3. The highest BCUT2D eigenvalue weighted by Gasteiger charge is 2.24. The molecule has 0 spiro atoms. The van der Waals surface area contributed by atoms with Crippen molar-refractivity contribution in [1.82, 2.24) is 0 Å². The molecule has 0 radical (unpaired) electrons. The summed E-state index contributed by atoms with van der Waals surface area (Å²) in [7, 11) is 0. The van der Waals surface area contributed by atoms with Gasteiger partial charge in [-0.3, -0.25) is 4.79 Å². The normalized spacial score (nSPS) is 14.4. The van der Waals surface area contributed by atoms with Crippen LogP contribution in [0.3, 0.4) is 0 Å². The van der Waals surface area contributed by atoms with E-state index in [9.17, 15) is 9.59 Å². The molecule has 1 aromatic rings. The minimum absolute atomic E-state index is 0.0511. The van der Waals surface area contributed by atoms with Crippen molar-refractivity contribution in [1.29, 1.82) is 0 Å². The first kappa shape index (κ1) is 13.1. The second-order valence-electron chi connectivity index (χ2n) is 4.52. The van der Waals surface area contributed by atoms with Gasteiger partial charge in [-0.2, -0.15) is 0 Å². The number of carbonyl (C=O) groups is 2. The first-order valence-electron chi connectivity index (χ1n) is 5.94. The first-order chi connectivity index (χ1) is 8.99. The van der Waals surface area contributed by atoms with Crippen LogP contribution >= 0.6 is 0 Å². The summed E-state index contributed by atoms with van der Waals surface area (Å²) < 4.78 is 5.47. The van der Waals surface area contributed by atoms with Gasteiger partial charge in [0.1, 0.15) is 5.75 Å². The number of ether oxygens (including phenoxy) is 1. The van der Waals surface area contributed by atoms with Crippen LogP contribution in [0.1, 0.15) is 23.7 Å². The summed E-state index contributed by atoms with van der Waals surface area (Å²) in [5.41, 5.74) is 1.59. The van der Waals surface area contributed by atoms with Gasteiger partial charge in [-0.25, -0.2) is 4.79 Å². The molecular formula is C14H15NO4. The summed E-state index contributed by atoms with van der Waals surface area (Å²) in [4.78, 5) is 24.5. The Kier molecular flexibility index (Phi) is 3.55. The molecule has 2 rings (SSSR count).